The first kappa shape index (κ1) is 30.4. The first-order chi connectivity index (χ1) is 19.4. The van der Waals surface area contributed by atoms with E-state index in [4.69, 9.17) is 9.47 Å². The van der Waals surface area contributed by atoms with Gasteiger partial charge in [-0.3, -0.25) is 19.5 Å². The van der Waals surface area contributed by atoms with Gasteiger partial charge in [0.1, 0.15) is 0 Å². The van der Waals surface area contributed by atoms with E-state index in [1.54, 1.807) is 0 Å². The molecule has 3 unspecified atom stereocenters. The number of nitrogens with zero attached hydrogens (tertiary/aromatic N) is 2. The largest absolute Gasteiger partial charge is 0.446 e. The Morgan fingerprint density at radius 2 is 1.82 bits per heavy atom. The summed E-state index contributed by atoms with van der Waals surface area (Å²) in [5.41, 5.74) is -0.795. The molecule has 4 rings (SSSR count). The zero-order valence-corrected chi connectivity index (χ0v) is 24.3. The molecule has 2 aromatic rings. The molecule has 0 aliphatic carbocycles. The summed E-state index contributed by atoms with van der Waals surface area (Å²) in [6.07, 6.45) is 11.6. The molecule has 8 heteroatoms. The van der Waals surface area contributed by atoms with Gasteiger partial charge in [-0.25, -0.2) is 4.98 Å². The Morgan fingerprint density at radius 1 is 1.12 bits per heavy atom. The summed E-state index contributed by atoms with van der Waals surface area (Å²) < 4.78 is 13.3. The summed E-state index contributed by atoms with van der Waals surface area (Å²) in [6.45, 7) is 5.65. The van der Waals surface area contributed by atoms with Crippen LogP contribution in [-0.2, 0) is 20.8 Å². The van der Waals surface area contributed by atoms with Gasteiger partial charge in [0, 0.05) is 31.4 Å². The van der Waals surface area contributed by atoms with Crippen molar-refractivity contribution in [1.82, 2.24) is 14.9 Å². The number of piperidine rings is 1. The Hall–Kier alpha value is -2.55. The van der Waals surface area contributed by atoms with Crippen LogP contribution in [0.3, 0.4) is 0 Å². The Labute approximate surface area is 238 Å². The number of carbonyl (C=O) groups excluding carboxylic acids is 1. The van der Waals surface area contributed by atoms with E-state index in [0.29, 0.717) is 44.7 Å². The maximum Gasteiger partial charge on any atom is 0.310 e. The highest BCUT2D eigenvalue weighted by Crippen LogP contribution is 2.49. The van der Waals surface area contributed by atoms with Crippen LogP contribution in [-0.4, -0.2) is 52.2 Å². The van der Waals surface area contributed by atoms with Crippen LogP contribution in [0.2, 0.25) is 0 Å². The lowest BCUT2D eigenvalue weighted by atomic mass is 9.62. The standard InChI is InChI=1S/C32H47N3O5/c1-3-4-5-6-7-8-10-13-25(2)29(37)40-30-31(17-20-39-21-18-31)32(38,16-19-33-30)23-35-24-34-27(22-28(35)36)26-14-11-9-12-15-26/h9,11-12,14-15,22,24-25,30,33,38H,3-8,10,13,16-21,23H2,1-2H3. The molecule has 1 spiro atoms. The highest BCUT2D eigenvalue weighted by atomic mass is 16.6. The van der Waals surface area contributed by atoms with Crippen LogP contribution < -0.4 is 10.9 Å². The van der Waals surface area contributed by atoms with Gasteiger partial charge >= 0.3 is 5.97 Å². The molecule has 2 N–H and O–H groups in total. The van der Waals surface area contributed by atoms with Gasteiger partial charge in [0.05, 0.1) is 35.5 Å². The molecule has 2 aliphatic heterocycles. The zero-order valence-electron chi connectivity index (χ0n) is 24.3. The third-order valence-corrected chi connectivity index (χ3v) is 8.94. The molecule has 2 aliphatic rings. The summed E-state index contributed by atoms with van der Waals surface area (Å²) in [4.78, 5) is 30.8. The van der Waals surface area contributed by atoms with Crippen LogP contribution in [0.5, 0.6) is 0 Å². The molecule has 2 fully saturated rings. The summed E-state index contributed by atoms with van der Waals surface area (Å²) in [5.74, 6) is -0.439. The molecular weight excluding hydrogens is 506 g/mol. The highest BCUT2D eigenvalue weighted by molar-refractivity contribution is 5.72. The first-order valence-electron chi connectivity index (χ1n) is 15.2. The number of benzene rings is 1. The predicted molar refractivity (Wildman–Crippen MR) is 156 cm³/mol. The highest BCUT2D eigenvalue weighted by Gasteiger charge is 2.59. The molecule has 0 saturated carbocycles. The maximum atomic E-state index is 13.2. The number of carbonyl (C=O) groups is 1. The molecule has 8 nitrogen and oxygen atoms in total. The van der Waals surface area contributed by atoms with Gasteiger partial charge in [-0.05, 0) is 25.7 Å². The van der Waals surface area contributed by atoms with Crippen molar-refractivity contribution in [1.29, 1.82) is 0 Å². The van der Waals surface area contributed by atoms with Crippen LogP contribution in [0.4, 0.5) is 0 Å². The summed E-state index contributed by atoms with van der Waals surface area (Å²) in [5, 5.41) is 15.6. The van der Waals surface area contributed by atoms with E-state index in [1.165, 1.54) is 49.1 Å². The van der Waals surface area contributed by atoms with Crippen LogP contribution in [0.1, 0.15) is 84.5 Å². The number of aliphatic hydroxyl groups is 1. The molecule has 220 valence electrons. The van der Waals surface area contributed by atoms with E-state index in [2.05, 4.69) is 17.2 Å². The van der Waals surface area contributed by atoms with E-state index in [1.807, 2.05) is 37.3 Å². The quantitative estimate of drug-likeness (QED) is 0.263. The number of ether oxygens (including phenoxy) is 2. The molecule has 0 bridgehead atoms. The summed E-state index contributed by atoms with van der Waals surface area (Å²) >= 11 is 0. The third-order valence-electron chi connectivity index (χ3n) is 8.94. The molecule has 40 heavy (non-hydrogen) atoms. The van der Waals surface area contributed by atoms with Crippen molar-refractivity contribution in [2.45, 2.75) is 103 Å². The molecule has 3 atom stereocenters. The van der Waals surface area contributed by atoms with Gasteiger partial charge in [0.2, 0.25) is 0 Å². The van der Waals surface area contributed by atoms with Crippen molar-refractivity contribution in [3.05, 3.63) is 53.1 Å². The number of aromatic nitrogens is 2. The number of unbranched alkanes of at least 4 members (excludes halogenated alkanes) is 6. The van der Waals surface area contributed by atoms with E-state index >= 15 is 0 Å². The average Bonchev–Trinajstić information content (AvgIpc) is 2.97. The van der Waals surface area contributed by atoms with E-state index in [9.17, 15) is 14.7 Å². The van der Waals surface area contributed by atoms with E-state index < -0.39 is 17.2 Å². The second-order valence-corrected chi connectivity index (χ2v) is 11.7. The summed E-state index contributed by atoms with van der Waals surface area (Å²) in [6, 6.07) is 11.1. The maximum absolute atomic E-state index is 13.2. The third kappa shape index (κ3) is 7.20. The minimum absolute atomic E-state index is 0.0806. The van der Waals surface area contributed by atoms with Crippen molar-refractivity contribution in [3.8, 4) is 11.3 Å². The smallest absolute Gasteiger partial charge is 0.310 e. The van der Waals surface area contributed by atoms with Crippen molar-refractivity contribution in [2.75, 3.05) is 19.8 Å². The van der Waals surface area contributed by atoms with Crippen molar-refractivity contribution >= 4 is 5.97 Å². The van der Waals surface area contributed by atoms with Crippen molar-refractivity contribution < 1.29 is 19.4 Å². The fourth-order valence-electron chi connectivity index (χ4n) is 6.30. The lowest BCUT2D eigenvalue weighted by Crippen LogP contribution is -2.68. The Bertz CT molecular complexity index is 1130. The molecule has 3 heterocycles. The first-order valence-corrected chi connectivity index (χ1v) is 15.2. The zero-order chi connectivity index (χ0) is 28.4. The Kier molecular flexibility index (Phi) is 10.9. The fourth-order valence-corrected chi connectivity index (χ4v) is 6.30. The predicted octanol–water partition coefficient (Wildman–Crippen LogP) is 5.08. The molecule has 1 aromatic heterocycles. The molecule has 2 saturated heterocycles. The second-order valence-electron chi connectivity index (χ2n) is 11.7. The fraction of sp³-hybridized carbons (Fsp3) is 0.656. The second kappa shape index (κ2) is 14.4. The lowest BCUT2D eigenvalue weighted by Gasteiger charge is -2.55. The van der Waals surface area contributed by atoms with E-state index in [0.717, 1.165) is 24.8 Å². The Morgan fingerprint density at radius 3 is 2.52 bits per heavy atom. The van der Waals surface area contributed by atoms with Gasteiger partial charge < -0.3 is 14.6 Å². The molecular formula is C32H47N3O5. The van der Waals surface area contributed by atoms with E-state index in [-0.39, 0.29) is 24.0 Å². The number of rotatable bonds is 13. The molecule has 0 radical (unpaired) electrons. The van der Waals surface area contributed by atoms with Crippen molar-refractivity contribution in [2.24, 2.45) is 11.3 Å². The normalized spacial score (nSPS) is 23.1. The number of esters is 1. The average molecular weight is 554 g/mol. The van der Waals surface area contributed by atoms with Crippen molar-refractivity contribution in [3.63, 3.8) is 0 Å². The van der Waals surface area contributed by atoms with Crippen LogP contribution in [0.25, 0.3) is 11.3 Å². The van der Waals surface area contributed by atoms with Crippen LogP contribution in [0.15, 0.2) is 47.5 Å². The molecule has 0 amide bonds. The number of hydrogen-bond acceptors (Lipinski definition) is 7. The van der Waals surface area contributed by atoms with Gasteiger partial charge in [-0.15, -0.1) is 0 Å². The Balaban J connectivity index is 1.44. The van der Waals surface area contributed by atoms with Gasteiger partial charge in [0.15, 0.2) is 6.23 Å². The van der Waals surface area contributed by atoms with Crippen LogP contribution in [0, 0.1) is 11.3 Å². The topological polar surface area (TPSA) is 103 Å². The number of nitrogens with one attached hydrogen (secondary N) is 1. The number of hydrogen-bond donors (Lipinski definition) is 2. The monoisotopic (exact) mass is 553 g/mol. The SMILES string of the molecule is CCCCCCCCCC(C)C(=O)OC1NCCC(O)(Cn2cnc(-c3ccccc3)cc2=O)C12CCOCC2. The van der Waals surface area contributed by atoms with Gasteiger partial charge in [0.25, 0.3) is 5.56 Å². The summed E-state index contributed by atoms with van der Waals surface area (Å²) in [7, 11) is 0. The lowest BCUT2D eigenvalue weighted by molar-refractivity contribution is -0.230. The van der Waals surface area contributed by atoms with Gasteiger partial charge in [-0.2, -0.15) is 0 Å². The van der Waals surface area contributed by atoms with Gasteiger partial charge in [-0.1, -0.05) is 89.1 Å². The minimum Gasteiger partial charge on any atom is -0.446 e. The minimum atomic E-state index is -1.27. The van der Waals surface area contributed by atoms with Crippen LogP contribution >= 0.6 is 0 Å². The molecule has 1 aromatic carbocycles.